The summed E-state index contributed by atoms with van der Waals surface area (Å²) in [5.41, 5.74) is 0. The molecule has 1 aromatic rings. The number of rotatable bonds is 4. The highest BCUT2D eigenvalue weighted by atomic mass is 32.2. The molecular weight excluding hydrogens is 246 g/mol. The summed E-state index contributed by atoms with van der Waals surface area (Å²) in [6.07, 6.45) is 4.57. The van der Waals surface area contributed by atoms with Crippen LogP contribution in [0.4, 0.5) is 0 Å². The number of methoxy groups -OCH3 is 1. The molecule has 3 atom stereocenters. The third-order valence-corrected chi connectivity index (χ3v) is 5.45. The van der Waals surface area contributed by atoms with E-state index in [0.717, 1.165) is 23.5 Å². The van der Waals surface area contributed by atoms with Crippen LogP contribution in [-0.4, -0.2) is 29.7 Å². The average molecular weight is 267 g/mol. The zero-order valence-corrected chi connectivity index (χ0v) is 11.8. The van der Waals surface area contributed by atoms with E-state index in [0.29, 0.717) is 6.04 Å². The summed E-state index contributed by atoms with van der Waals surface area (Å²) in [4.78, 5) is 0.876. The van der Waals surface area contributed by atoms with Crippen molar-refractivity contribution in [2.24, 2.45) is 0 Å². The summed E-state index contributed by atoms with van der Waals surface area (Å²) in [5.74, 6) is 0.776. The summed E-state index contributed by atoms with van der Waals surface area (Å²) < 4.78 is 17.8. The third kappa shape index (κ3) is 2.93. The predicted octanol–water partition coefficient (Wildman–Crippen LogP) is 2.33. The SMILES string of the molecule is CNC1CCCCC1S(=O)c1cccc(OC)c1. The second-order valence-electron chi connectivity index (χ2n) is 4.69. The van der Waals surface area contributed by atoms with E-state index in [4.69, 9.17) is 4.74 Å². The van der Waals surface area contributed by atoms with Crippen molar-refractivity contribution in [3.05, 3.63) is 24.3 Å². The number of benzene rings is 1. The smallest absolute Gasteiger partial charge is 0.120 e. The van der Waals surface area contributed by atoms with Crippen molar-refractivity contribution in [2.45, 2.75) is 41.9 Å². The monoisotopic (exact) mass is 267 g/mol. The van der Waals surface area contributed by atoms with Gasteiger partial charge in [-0.3, -0.25) is 4.21 Å². The molecular formula is C14H21NO2S. The first-order valence-corrected chi connectivity index (χ1v) is 7.69. The number of hydrogen-bond acceptors (Lipinski definition) is 3. The normalized spacial score (nSPS) is 25.7. The topological polar surface area (TPSA) is 38.3 Å². The molecule has 18 heavy (non-hydrogen) atoms. The van der Waals surface area contributed by atoms with Crippen LogP contribution in [0.15, 0.2) is 29.2 Å². The van der Waals surface area contributed by atoms with E-state index in [9.17, 15) is 4.21 Å². The fourth-order valence-corrected chi connectivity index (χ4v) is 4.33. The molecule has 0 aromatic heterocycles. The predicted molar refractivity (Wildman–Crippen MR) is 74.5 cm³/mol. The van der Waals surface area contributed by atoms with Crippen LogP contribution in [0.25, 0.3) is 0 Å². The van der Waals surface area contributed by atoms with Crippen LogP contribution in [0.2, 0.25) is 0 Å². The molecule has 0 saturated heterocycles. The fraction of sp³-hybridized carbons (Fsp3) is 0.571. The lowest BCUT2D eigenvalue weighted by atomic mass is 9.95. The molecule has 1 aliphatic carbocycles. The Labute approximate surface area is 111 Å². The first-order valence-electron chi connectivity index (χ1n) is 6.48. The Bertz CT molecular complexity index is 422. The molecule has 0 radical (unpaired) electrons. The minimum atomic E-state index is -0.954. The van der Waals surface area contributed by atoms with Gasteiger partial charge >= 0.3 is 0 Å². The Morgan fingerprint density at radius 2 is 2.11 bits per heavy atom. The minimum absolute atomic E-state index is 0.218. The average Bonchev–Trinajstić information content (AvgIpc) is 2.46. The van der Waals surface area contributed by atoms with E-state index in [2.05, 4.69) is 5.32 Å². The molecule has 100 valence electrons. The summed E-state index contributed by atoms with van der Waals surface area (Å²) in [5, 5.41) is 3.53. The standard InChI is InChI=1S/C14H21NO2S/c1-15-13-8-3-4-9-14(13)18(16)12-7-5-6-11(10-12)17-2/h5-7,10,13-15H,3-4,8-9H2,1-2H3. The van der Waals surface area contributed by atoms with Gasteiger partial charge in [0.25, 0.3) is 0 Å². The largest absolute Gasteiger partial charge is 0.497 e. The van der Waals surface area contributed by atoms with Crippen molar-refractivity contribution in [1.29, 1.82) is 0 Å². The van der Waals surface area contributed by atoms with E-state index >= 15 is 0 Å². The van der Waals surface area contributed by atoms with Crippen LogP contribution < -0.4 is 10.1 Å². The Kier molecular flexibility index (Phi) is 4.78. The lowest BCUT2D eigenvalue weighted by Gasteiger charge is -2.30. The zero-order chi connectivity index (χ0) is 13.0. The number of nitrogens with one attached hydrogen (secondary N) is 1. The molecule has 0 bridgehead atoms. The van der Waals surface area contributed by atoms with Crippen LogP contribution >= 0.6 is 0 Å². The van der Waals surface area contributed by atoms with Crippen LogP contribution in [0.5, 0.6) is 5.75 Å². The van der Waals surface area contributed by atoms with Gasteiger partial charge in [0.1, 0.15) is 5.75 Å². The van der Waals surface area contributed by atoms with E-state index in [1.807, 2.05) is 31.3 Å². The van der Waals surface area contributed by atoms with E-state index in [-0.39, 0.29) is 5.25 Å². The fourth-order valence-electron chi connectivity index (χ4n) is 2.58. The molecule has 1 N–H and O–H groups in total. The molecule has 1 fully saturated rings. The van der Waals surface area contributed by atoms with E-state index in [1.165, 1.54) is 12.8 Å². The van der Waals surface area contributed by atoms with Crippen LogP contribution in [0.1, 0.15) is 25.7 Å². The summed E-state index contributed by atoms with van der Waals surface area (Å²) >= 11 is 0. The highest BCUT2D eigenvalue weighted by molar-refractivity contribution is 7.85. The van der Waals surface area contributed by atoms with Gasteiger partial charge < -0.3 is 10.1 Å². The molecule has 0 spiro atoms. The molecule has 3 nitrogen and oxygen atoms in total. The van der Waals surface area contributed by atoms with Gasteiger partial charge in [-0.2, -0.15) is 0 Å². The van der Waals surface area contributed by atoms with E-state index < -0.39 is 10.8 Å². The van der Waals surface area contributed by atoms with Gasteiger partial charge in [-0.1, -0.05) is 18.9 Å². The van der Waals surface area contributed by atoms with Gasteiger partial charge in [0.2, 0.25) is 0 Å². The lowest BCUT2D eigenvalue weighted by Crippen LogP contribution is -2.42. The van der Waals surface area contributed by atoms with Crippen LogP contribution in [0.3, 0.4) is 0 Å². The Balaban J connectivity index is 2.18. The summed E-state index contributed by atoms with van der Waals surface area (Å²) in [7, 11) is 2.65. The van der Waals surface area contributed by atoms with Gasteiger partial charge in [0, 0.05) is 10.9 Å². The second-order valence-corrected chi connectivity index (χ2v) is 6.37. The van der Waals surface area contributed by atoms with Gasteiger partial charge in [-0.05, 0) is 38.1 Å². The molecule has 1 aliphatic rings. The molecule has 0 amide bonds. The lowest BCUT2D eigenvalue weighted by molar-refractivity contribution is 0.398. The molecule has 4 heteroatoms. The molecule has 2 rings (SSSR count). The molecule has 1 aromatic carbocycles. The Morgan fingerprint density at radius 1 is 1.33 bits per heavy atom. The Morgan fingerprint density at radius 3 is 2.83 bits per heavy atom. The highest BCUT2D eigenvalue weighted by Gasteiger charge is 2.29. The molecule has 0 aliphatic heterocycles. The summed E-state index contributed by atoms with van der Waals surface area (Å²) in [6.45, 7) is 0. The van der Waals surface area contributed by atoms with Crippen molar-refractivity contribution < 1.29 is 8.95 Å². The van der Waals surface area contributed by atoms with Crippen LogP contribution in [-0.2, 0) is 10.8 Å². The van der Waals surface area contributed by atoms with Crippen molar-refractivity contribution in [2.75, 3.05) is 14.2 Å². The van der Waals surface area contributed by atoms with Gasteiger partial charge in [-0.15, -0.1) is 0 Å². The molecule has 1 saturated carbocycles. The third-order valence-electron chi connectivity index (χ3n) is 3.62. The summed E-state index contributed by atoms with van der Waals surface area (Å²) in [6, 6.07) is 7.98. The van der Waals surface area contributed by atoms with Gasteiger partial charge in [0.05, 0.1) is 23.2 Å². The molecule has 3 unspecified atom stereocenters. The first kappa shape index (κ1) is 13.6. The maximum Gasteiger partial charge on any atom is 0.120 e. The Hall–Kier alpha value is -0.870. The molecule has 0 heterocycles. The van der Waals surface area contributed by atoms with Gasteiger partial charge in [-0.25, -0.2) is 0 Å². The number of ether oxygens (including phenoxy) is 1. The quantitative estimate of drug-likeness (QED) is 0.910. The minimum Gasteiger partial charge on any atom is -0.497 e. The van der Waals surface area contributed by atoms with E-state index in [1.54, 1.807) is 7.11 Å². The second kappa shape index (κ2) is 6.34. The van der Waals surface area contributed by atoms with Crippen molar-refractivity contribution in [1.82, 2.24) is 5.32 Å². The zero-order valence-electron chi connectivity index (χ0n) is 11.0. The van der Waals surface area contributed by atoms with Gasteiger partial charge in [0.15, 0.2) is 0 Å². The van der Waals surface area contributed by atoms with Crippen molar-refractivity contribution >= 4 is 10.8 Å². The first-order chi connectivity index (χ1) is 8.76. The van der Waals surface area contributed by atoms with Crippen molar-refractivity contribution in [3.63, 3.8) is 0 Å². The maximum atomic E-state index is 12.7. The number of hydrogen-bond donors (Lipinski definition) is 1. The maximum absolute atomic E-state index is 12.7. The van der Waals surface area contributed by atoms with Crippen molar-refractivity contribution in [3.8, 4) is 5.75 Å². The highest BCUT2D eigenvalue weighted by Crippen LogP contribution is 2.27. The van der Waals surface area contributed by atoms with Crippen LogP contribution in [0, 0.1) is 0 Å².